The molecule has 0 fully saturated rings. The quantitative estimate of drug-likeness (QED) is 0.635. The monoisotopic (exact) mass is 332 g/mol. The van der Waals surface area contributed by atoms with E-state index in [1.807, 2.05) is 12.1 Å². The largest absolute Gasteiger partial charge is 0.477 e. The fourth-order valence-corrected chi connectivity index (χ4v) is 2.18. The van der Waals surface area contributed by atoms with Crippen LogP contribution < -0.4 is 5.32 Å². The highest BCUT2D eigenvalue weighted by atomic mass is 35.5. The zero-order valence-electron chi connectivity index (χ0n) is 11.2. The van der Waals surface area contributed by atoms with Crippen molar-refractivity contribution in [2.24, 2.45) is 0 Å². The number of aliphatic carboxylic acids is 1. The molecule has 0 spiro atoms. The number of hydrogen-bond acceptors (Lipinski definition) is 3. The summed E-state index contributed by atoms with van der Waals surface area (Å²) >= 11 is 12.1. The summed E-state index contributed by atoms with van der Waals surface area (Å²) in [5, 5.41) is 21.3. The zero-order valence-corrected chi connectivity index (χ0v) is 12.7. The van der Waals surface area contributed by atoms with Gasteiger partial charge in [-0.05, 0) is 29.8 Å². The van der Waals surface area contributed by atoms with Crippen LogP contribution in [0.3, 0.4) is 0 Å². The molecule has 0 saturated heterocycles. The van der Waals surface area contributed by atoms with Crippen molar-refractivity contribution in [3.05, 3.63) is 64.3 Å². The third kappa shape index (κ3) is 3.79. The van der Waals surface area contributed by atoms with Crippen molar-refractivity contribution in [2.75, 3.05) is 5.32 Å². The number of anilines is 1. The van der Waals surface area contributed by atoms with E-state index in [2.05, 4.69) is 5.32 Å². The summed E-state index contributed by atoms with van der Waals surface area (Å²) in [6, 6.07) is 14.0. The van der Waals surface area contributed by atoms with Crippen molar-refractivity contribution in [2.45, 2.75) is 0 Å². The second kappa shape index (κ2) is 6.99. The molecule has 0 bridgehead atoms. The first-order chi connectivity index (χ1) is 10.5. The number of hydrogen-bond donors (Lipinski definition) is 2. The minimum Gasteiger partial charge on any atom is -0.477 e. The molecule has 0 unspecified atom stereocenters. The van der Waals surface area contributed by atoms with Gasteiger partial charge in [0.15, 0.2) is 5.57 Å². The summed E-state index contributed by atoms with van der Waals surface area (Å²) in [6.07, 6.45) is 1.12. The molecule has 0 radical (unpaired) electrons. The van der Waals surface area contributed by atoms with E-state index >= 15 is 0 Å². The number of carbonyl (C=O) groups is 1. The number of carboxylic acids is 1. The molecule has 0 saturated carbocycles. The molecule has 2 rings (SSSR count). The third-order valence-electron chi connectivity index (χ3n) is 2.86. The SMILES string of the molecule is N#CC(=CNc1ccc(-c2ccc(Cl)cc2)c(Cl)c1)C(=O)O. The van der Waals surface area contributed by atoms with E-state index in [9.17, 15) is 4.79 Å². The average Bonchev–Trinajstić information content (AvgIpc) is 2.49. The Balaban J connectivity index is 2.25. The van der Waals surface area contributed by atoms with Crippen LogP contribution in [0.5, 0.6) is 0 Å². The van der Waals surface area contributed by atoms with Gasteiger partial charge >= 0.3 is 5.97 Å². The van der Waals surface area contributed by atoms with Crippen molar-refractivity contribution in [3.63, 3.8) is 0 Å². The molecule has 6 heteroatoms. The van der Waals surface area contributed by atoms with Crippen LogP contribution >= 0.6 is 23.2 Å². The number of carboxylic acid groups (broad SMARTS) is 1. The maximum Gasteiger partial charge on any atom is 0.347 e. The highest BCUT2D eigenvalue weighted by Gasteiger charge is 2.07. The highest BCUT2D eigenvalue weighted by Crippen LogP contribution is 2.31. The minimum atomic E-state index is -1.29. The van der Waals surface area contributed by atoms with Gasteiger partial charge in [0.2, 0.25) is 0 Å². The van der Waals surface area contributed by atoms with E-state index in [-0.39, 0.29) is 0 Å². The van der Waals surface area contributed by atoms with Crippen molar-refractivity contribution in [1.29, 1.82) is 5.26 Å². The smallest absolute Gasteiger partial charge is 0.347 e. The molecule has 2 N–H and O–H groups in total. The molecule has 0 amide bonds. The van der Waals surface area contributed by atoms with Gasteiger partial charge in [-0.15, -0.1) is 0 Å². The van der Waals surface area contributed by atoms with Gasteiger partial charge in [0.05, 0.1) is 5.02 Å². The summed E-state index contributed by atoms with van der Waals surface area (Å²) in [6.45, 7) is 0. The fourth-order valence-electron chi connectivity index (χ4n) is 1.77. The summed E-state index contributed by atoms with van der Waals surface area (Å²) < 4.78 is 0. The molecule has 0 aliphatic carbocycles. The summed E-state index contributed by atoms with van der Waals surface area (Å²) in [5.41, 5.74) is 1.93. The second-order valence-corrected chi connectivity index (χ2v) is 5.16. The number of nitriles is 1. The molecule has 110 valence electrons. The lowest BCUT2D eigenvalue weighted by molar-refractivity contribution is -0.132. The van der Waals surface area contributed by atoms with Gasteiger partial charge in [-0.1, -0.05) is 41.4 Å². The van der Waals surface area contributed by atoms with Crippen molar-refractivity contribution < 1.29 is 9.90 Å². The molecular formula is C16H10Cl2N2O2. The molecule has 0 aliphatic rings. The average molecular weight is 333 g/mol. The van der Waals surface area contributed by atoms with Crippen LogP contribution in [0.25, 0.3) is 11.1 Å². The van der Waals surface area contributed by atoms with Crippen LogP contribution in [0.1, 0.15) is 0 Å². The highest BCUT2D eigenvalue weighted by molar-refractivity contribution is 6.33. The summed E-state index contributed by atoms with van der Waals surface area (Å²) in [7, 11) is 0. The predicted molar refractivity (Wildman–Crippen MR) is 86.9 cm³/mol. The maximum atomic E-state index is 10.7. The number of benzene rings is 2. The molecule has 2 aromatic carbocycles. The van der Waals surface area contributed by atoms with Gasteiger partial charge in [0.25, 0.3) is 0 Å². The lowest BCUT2D eigenvalue weighted by Gasteiger charge is -2.08. The molecule has 2 aromatic rings. The van der Waals surface area contributed by atoms with Crippen LogP contribution in [0, 0.1) is 11.3 Å². The van der Waals surface area contributed by atoms with Crippen molar-refractivity contribution >= 4 is 34.9 Å². The Bertz CT molecular complexity index is 778. The Labute approximate surface area is 137 Å². The van der Waals surface area contributed by atoms with Crippen LogP contribution in [-0.2, 0) is 4.79 Å². The van der Waals surface area contributed by atoms with E-state index in [1.54, 1.807) is 36.4 Å². The van der Waals surface area contributed by atoms with E-state index in [4.69, 9.17) is 33.6 Å². The van der Waals surface area contributed by atoms with E-state index in [1.165, 1.54) is 0 Å². The Hall–Kier alpha value is -2.48. The van der Waals surface area contributed by atoms with Gasteiger partial charge in [0.1, 0.15) is 6.07 Å². The zero-order chi connectivity index (χ0) is 16.1. The van der Waals surface area contributed by atoms with E-state index in [0.29, 0.717) is 15.7 Å². The van der Waals surface area contributed by atoms with Gasteiger partial charge in [-0.25, -0.2) is 4.79 Å². The van der Waals surface area contributed by atoms with Gasteiger partial charge < -0.3 is 10.4 Å². The number of nitrogens with one attached hydrogen (secondary N) is 1. The van der Waals surface area contributed by atoms with Gasteiger partial charge in [0, 0.05) is 22.5 Å². The first-order valence-electron chi connectivity index (χ1n) is 6.17. The first kappa shape index (κ1) is 15.9. The van der Waals surface area contributed by atoms with Gasteiger partial charge in [-0.3, -0.25) is 0 Å². The number of rotatable bonds is 4. The van der Waals surface area contributed by atoms with E-state index < -0.39 is 11.5 Å². The predicted octanol–water partition coefficient (Wildman–Crippen LogP) is 4.56. The Morgan fingerprint density at radius 3 is 2.41 bits per heavy atom. The van der Waals surface area contributed by atoms with Crippen LogP contribution in [-0.4, -0.2) is 11.1 Å². The van der Waals surface area contributed by atoms with E-state index in [0.717, 1.165) is 17.3 Å². The number of halogens is 2. The van der Waals surface area contributed by atoms with Crippen molar-refractivity contribution in [3.8, 4) is 17.2 Å². The molecule has 0 heterocycles. The minimum absolute atomic E-state index is 0.391. The summed E-state index contributed by atoms with van der Waals surface area (Å²) in [4.78, 5) is 10.7. The molecule has 4 nitrogen and oxygen atoms in total. The fraction of sp³-hybridized carbons (Fsp3) is 0. The standard InChI is InChI=1S/C16H10Cl2N2O2/c17-12-3-1-10(2-4-12)14-6-5-13(7-15(14)18)20-9-11(8-19)16(21)22/h1-7,9,20H,(H,21,22). The lowest BCUT2D eigenvalue weighted by Crippen LogP contribution is -2.01. The van der Waals surface area contributed by atoms with Gasteiger partial charge in [-0.2, -0.15) is 5.26 Å². The Morgan fingerprint density at radius 2 is 1.86 bits per heavy atom. The normalized spacial score (nSPS) is 10.9. The van der Waals surface area contributed by atoms with Crippen LogP contribution in [0.15, 0.2) is 54.2 Å². The maximum absolute atomic E-state index is 10.7. The molecule has 0 aromatic heterocycles. The Kier molecular flexibility index (Phi) is 5.05. The molecular weight excluding hydrogens is 323 g/mol. The summed E-state index contributed by atoms with van der Waals surface area (Å²) in [5.74, 6) is -1.29. The van der Waals surface area contributed by atoms with Crippen LogP contribution in [0.2, 0.25) is 10.0 Å². The molecule has 0 atom stereocenters. The third-order valence-corrected chi connectivity index (χ3v) is 3.42. The Morgan fingerprint density at radius 1 is 1.18 bits per heavy atom. The molecule has 0 aliphatic heterocycles. The first-order valence-corrected chi connectivity index (χ1v) is 6.92. The van der Waals surface area contributed by atoms with Crippen LogP contribution in [0.4, 0.5) is 5.69 Å². The topological polar surface area (TPSA) is 73.1 Å². The lowest BCUT2D eigenvalue weighted by atomic mass is 10.1. The van der Waals surface area contributed by atoms with Crippen molar-refractivity contribution in [1.82, 2.24) is 0 Å². The second-order valence-electron chi connectivity index (χ2n) is 4.32. The number of nitrogens with zero attached hydrogens (tertiary/aromatic N) is 1. The molecule has 22 heavy (non-hydrogen) atoms.